The highest BCUT2D eigenvalue weighted by Gasteiger charge is 2.18. The van der Waals surface area contributed by atoms with Gasteiger partial charge in [0.2, 0.25) is 0 Å². The molecule has 1 aromatic carbocycles. The smallest absolute Gasteiger partial charge is 0.270 e. The van der Waals surface area contributed by atoms with Gasteiger partial charge in [-0.05, 0) is 24.8 Å². The molecule has 5 nitrogen and oxygen atoms in total. The zero-order valence-electron chi connectivity index (χ0n) is 12.1. The van der Waals surface area contributed by atoms with Gasteiger partial charge in [0.15, 0.2) is 0 Å². The Hall–Kier alpha value is -1.88. The molecule has 0 unspecified atom stereocenters. The molecule has 1 aromatic heterocycles. The summed E-state index contributed by atoms with van der Waals surface area (Å²) >= 11 is 6.12. The van der Waals surface area contributed by atoms with E-state index in [9.17, 15) is 14.9 Å². The lowest BCUT2D eigenvalue weighted by atomic mass is 9.89. The Morgan fingerprint density at radius 3 is 2.64 bits per heavy atom. The van der Waals surface area contributed by atoms with Crippen LogP contribution in [0.5, 0.6) is 0 Å². The lowest BCUT2D eigenvalue weighted by Crippen LogP contribution is -2.25. The fraction of sp³-hybridized carbons (Fsp3) is 0.438. The van der Waals surface area contributed by atoms with E-state index >= 15 is 0 Å². The zero-order valence-corrected chi connectivity index (χ0v) is 12.9. The highest BCUT2D eigenvalue weighted by molar-refractivity contribution is 6.35. The molecule has 1 fully saturated rings. The maximum Gasteiger partial charge on any atom is 0.270 e. The third kappa shape index (κ3) is 2.86. The summed E-state index contributed by atoms with van der Waals surface area (Å²) < 4.78 is 1.71. The molecule has 1 aliphatic rings. The maximum absolute atomic E-state index is 12.3. The topological polar surface area (TPSA) is 65.1 Å². The van der Waals surface area contributed by atoms with Gasteiger partial charge in [-0.1, -0.05) is 30.9 Å². The van der Waals surface area contributed by atoms with Crippen LogP contribution in [-0.4, -0.2) is 9.49 Å². The summed E-state index contributed by atoms with van der Waals surface area (Å²) in [5.74, 6) is 0.492. The van der Waals surface area contributed by atoms with E-state index in [0.29, 0.717) is 23.4 Å². The highest BCUT2D eigenvalue weighted by atomic mass is 35.5. The molecule has 3 rings (SSSR count). The van der Waals surface area contributed by atoms with Gasteiger partial charge in [0.1, 0.15) is 0 Å². The second-order valence-electron chi connectivity index (χ2n) is 5.90. The molecule has 116 valence electrons. The lowest BCUT2D eigenvalue weighted by Gasteiger charge is -2.23. The molecule has 0 saturated heterocycles. The third-order valence-electron chi connectivity index (χ3n) is 4.42. The van der Waals surface area contributed by atoms with Gasteiger partial charge in [0.05, 0.1) is 15.5 Å². The molecule has 2 aromatic rings. The normalized spacial score (nSPS) is 16.0. The van der Waals surface area contributed by atoms with Gasteiger partial charge in [0.25, 0.3) is 11.2 Å². The molecule has 0 N–H and O–H groups in total. The van der Waals surface area contributed by atoms with Crippen molar-refractivity contribution in [2.45, 2.75) is 38.6 Å². The van der Waals surface area contributed by atoms with Crippen molar-refractivity contribution in [2.75, 3.05) is 0 Å². The number of hydrogen-bond donors (Lipinski definition) is 0. The first-order valence-corrected chi connectivity index (χ1v) is 7.91. The summed E-state index contributed by atoms with van der Waals surface area (Å²) in [6.07, 6.45) is 5.93. The highest BCUT2D eigenvalue weighted by Crippen LogP contribution is 2.29. The molecule has 1 aliphatic carbocycles. The summed E-state index contributed by atoms with van der Waals surface area (Å²) in [4.78, 5) is 22.8. The predicted octanol–water partition coefficient (Wildman–Crippen LogP) is 4.14. The first-order chi connectivity index (χ1) is 10.6. The van der Waals surface area contributed by atoms with Crippen LogP contribution in [0, 0.1) is 16.0 Å². The largest absolute Gasteiger partial charge is 0.308 e. The monoisotopic (exact) mass is 320 g/mol. The molecule has 0 spiro atoms. The standard InChI is InChI=1S/C16H17ClN2O3/c17-14-9-16(20)18(10-11-4-2-1-3-5-11)15-7-6-12(19(21)22)8-13(14)15/h6-9,11H,1-5,10H2. The Balaban J connectivity index is 2.08. The third-order valence-corrected chi connectivity index (χ3v) is 4.73. The van der Waals surface area contributed by atoms with E-state index in [2.05, 4.69) is 0 Å². The molecular weight excluding hydrogens is 304 g/mol. The molecule has 1 saturated carbocycles. The molecule has 0 radical (unpaired) electrons. The van der Waals surface area contributed by atoms with Crippen LogP contribution in [0.1, 0.15) is 32.1 Å². The van der Waals surface area contributed by atoms with Gasteiger partial charge in [-0.2, -0.15) is 0 Å². The minimum Gasteiger partial charge on any atom is -0.308 e. The number of hydrogen-bond acceptors (Lipinski definition) is 3. The summed E-state index contributed by atoms with van der Waals surface area (Å²) in [6, 6.07) is 5.85. The minimum absolute atomic E-state index is 0.0164. The average molecular weight is 321 g/mol. The number of pyridine rings is 1. The Morgan fingerprint density at radius 1 is 1.23 bits per heavy atom. The van der Waals surface area contributed by atoms with Crippen molar-refractivity contribution in [2.24, 2.45) is 5.92 Å². The fourth-order valence-corrected chi connectivity index (χ4v) is 3.51. The molecule has 0 atom stereocenters. The summed E-state index contributed by atoms with van der Waals surface area (Å²) in [7, 11) is 0. The molecule has 22 heavy (non-hydrogen) atoms. The van der Waals surface area contributed by atoms with Gasteiger partial charge in [0, 0.05) is 30.1 Å². The van der Waals surface area contributed by atoms with E-state index in [4.69, 9.17) is 11.6 Å². The van der Waals surface area contributed by atoms with E-state index in [1.807, 2.05) is 0 Å². The number of aromatic nitrogens is 1. The predicted molar refractivity (Wildman–Crippen MR) is 86.4 cm³/mol. The number of fused-ring (bicyclic) bond motifs is 1. The quantitative estimate of drug-likeness (QED) is 0.630. The van der Waals surface area contributed by atoms with Crippen LogP contribution in [0.4, 0.5) is 5.69 Å². The van der Waals surface area contributed by atoms with E-state index in [1.54, 1.807) is 10.6 Å². The van der Waals surface area contributed by atoms with E-state index in [1.165, 1.54) is 37.5 Å². The number of benzene rings is 1. The SMILES string of the molecule is O=c1cc(Cl)c2cc([N+](=O)[O-])ccc2n1CC1CCCCC1. The molecule has 0 amide bonds. The number of rotatable bonds is 3. The molecule has 6 heteroatoms. The van der Waals surface area contributed by atoms with Crippen molar-refractivity contribution in [3.63, 3.8) is 0 Å². The van der Waals surface area contributed by atoms with Crippen LogP contribution in [0.15, 0.2) is 29.1 Å². The molecule has 0 bridgehead atoms. The second-order valence-corrected chi connectivity index (χ2v) is 6.31. The zero-order chi connectivity index (χ0) is 15.7. The number of nitro groups is 1. The van der Waals surface area contributed by atoms with Gasteiger partial charge in [-0.15, -0.1) is 0 Å². The van der Waals surface area contributed by atoms with Crippen LogP contribution in [0.25, 0.3) is 10.9 Å². The Morgan fingerprint density at radius 2 is 1.95 bits per heavy atom. The Bertz CT molecular complexity index is 779. The van der Waals surface area contributed by atoms with E-state index in [-0.39, 0.29) is 16.3 Å². The number of nitro benzene ring substituents is 1. The van der Waals surface area contributed by atoms with Gasteiger partial charge >= 0.3 is 0 Å². The van der Waals surface area contributed by atoms with E-state index < -0.39 is 4.92 Å². The molecular formula is C16H17ClN2O3. The van der Waals surface area contributed by atoms with Gasteiger partial charge in [-0.3, -0.25) is 14.9 Å². The van der Waals surface area contributed by atoms with Crippen molar-refractivity contribution in [3.8, 4) is 0 Å². The average Bonchev–Trinajstić information content (AvgIpc) is 2.52. The molecule has 1 heterocycles. The minimum atomic E-state index is -0.452. The summed E-state index contributed by atoms with van der Waals surface area (Å²) in [6.45, 7) is 0.657. The van der Waals surface area contributed by atoms with Crippen LogP contribution in [0.2, 0.25) is 5.02 Å². The van der Waals surface area contributed by atoms with Crippen LogP contribution >= 0.6 is 11.6 Å². The summed E-state index contributed by atoms with van der Waals surface area (Å²) in [5, 5.41) is 11.7. The van der Waals surface area contributed by atoms with Crippen LogP contribution in [0.3, 0.4) is 0 Å². The molecule has 0 aliphatic heterocycles. The van der Waals surface area contributed by atoms with Crippen LogP contribution < -0.4 is 5.56 Å². The lowest BCUT2D eigenvalue weighted by molar-refractivity contribution is -0.384. The second kappa shape index (κ2) is 6.08. The number of nitrogens with zero attached hydrogens (tertiary/aromatic N) is 2. The summed E-state index contributed by atoms with van der Waals surface area (Å²) in [5.41, 5.74) is 0.517. The number of non-ortho nitro benzene ring substituents is 1. The first kappa shape index (κ1) is 15.0. The van der Waals surface area contributed by atoms with E-state index in [0.717, 1.165) is 12.8 Å². The Labute approximate surface area is 132 Å². The van der Waals surface area contributed by atoms with Crippen molar-refractivity contribution in [1.82, 2.24) is 4.57 Å². The van der Waals surface area contributed by atoms with Crippen molar-refractivity contribution < 1.29 is 4.92 Å². The van der Waals surface area contributed by atoms with Crippen LogP contribution in [-0.2, 0) is 6.54 Å². The maximum atomic E-state index is 12.3. The number of halogens is 1. The van der Waals surface area contributed by atoms with Crippen molar-refractivity contribution >= 4 is 28.2 Å². The van der Waals surface area contributed by atoms with Gasteiger partial charge in [-0.25, -0.2) is 0 Å². The Kier molecular flexibility index (Phi) is 4.16. The first-order valence-electron chi connectivity index (χ1n) is 7.54. The van der Waals surface area contributed by atoms with Gasteiger partial charge < -0.3 is 4.57 Å². The van der Waals surface area contributed by atoms with Crippen molar-refractivity contribution in [1.29, 1.82) is 0 Å². The van der Waals surface area contributed by atoms with Crippen molar-refractivity contribution in [3.05, 3.63) is 49.8 Å². The fourth-order valence-electron chi connectivity index (χ4n) is 3.26.